The van der Waals surface area contributed by atoms with Gasteiger partial charge in [0.05, 0.1) is 11.1 Å². The van der Waals surface area contributed by atoms with Gasteiger partial charge >= 0.3 is 0 Å². The Balaban J connectivity index is 3.35. The van der Waals surface area contributed by atoms with Crippen LogP contribution < -0.4 is 0 Å². The standard InChI is InChI=1S/C12H9ClF3N/c1-2-3-7(6-17)10(13)8-4-5-9(14)12(16)11(8)15/h4-5H,2-3H2,1H3. The number of nitriles is 1. The molecule has 17 heavy (non-hydrogen) atoms. The Bertz CT molecular complexity index is 503. The third-order valence-electron chi connectivity index (χ3n) is 2.17. The summed E-state index contributed by atoms with van der Waals surface area (Å²) in [4.78, 5) is 0. The maximum absolute atomic E-state index is 13.4. The fourth-order valence-electron chi connectivity index (χ4n) is 1.32. The van der Waals surface area contributed by atoms with Crippen molar-refractivity contribution in [3.8, 4) is 6.07 Å². The Hall–Kier alpha value is -1.47. The first-order valence-corrected chi connectivity index (χ1v) is 5.33. The lowest BCUT2D eigenvalue weighted by Crippen LogP contribution is -1.96. The van der Waals surface area contributed by atoms with Crippen LogP contribution in [0.2, 0.25) is 0 Å². The summed E-state index contributed by atoms with van der Waals surface area (Å²) in [7, 11) is 0. The molecule has 1 aromatic carbocycles. The van der Waals surface area contributed by atoms with Gasteiger partial charge in [-0.2, -0.15) is 5.26 Å². The SMILES string of the molecule is CCCC(C#N)=C(Cl)c1ccc(F)c(F)c1F. The average Bonchev–Trinajstić information content (AvgIpc) is 2.32. The highest BCUT2D eigenvalue weighted by molar-refractivity contribution is 6.49. The number of nitrogens with zero attached hydrogens (tertiary/aromatic N) is 1. The lowest BCUT2D eigenvalue weighted by atomic mass is 10.1. The molecular weight excluding hydrogens is 251 g/mol. The number of allylic oxidation sites excluding steroid dienone is 1. The molecule has 90 valence electrons. The summed E-state index contributed by atoms with van der Waals surface area (Å²) in [5.74, 6) is -4.25. The van der Waals surface area contributed by atoms with E-state index in [1.165, 1.54) is 0 Å². The summed E-state index contributed by atoms with van der Waals surface area (Å²) in [5.41, 5.74) is -0.144. The van der Waals surface area contributed by atoms with Crippen molar-refractivity contribution in [3.63, 3.8) is 0 Å². The van der Waals surface area contributed by atoms with E-state index in [2.05, 4.69) is 0 Å². The summed E-state index contributed by atoms with van der Waals surface area (Å²) in [6, 6.07) is 3.62. The van der Waals surface area contributed by atoms with E-state index in [-0.39, 0.29) is 16.2 Å². The molecule has 0 fully saturated rings. The van der Waals surface area contributed by atoms with Gasteiger partial charge in [0.2, 0.25) is 0 Å². The topological polar surface area (TPSA) is 23.8 Å². The molecule has 0 aromatic heterocycles. The normalized spacial score (nSPS) is 12.0. The van der Waals surface area contributed by atoms with Crippen LogP contribution in [0.5, 0.6) is 0 Å². The molecule has 0 saturated heterocycles. The van der Waals surface area contributed by atoms with Crippen molar-refractivity contribution in [3.05, 3.63) is 40.7 Å². The first-order chi connectivity index (χ1) is 8.02. The molecule has 0 spiro atoms. The van der Waals surface area contributed by atoms with Crippen LogP contribution in [-0.4, -0.2) is 0 Å². The predicted molar refractivity (Wildman–Crippen MR) is 59.6 cm³/mol. The van der Waals surface area contributed by atoms with Crippen LogP contribution in [0.15, 0.2) is 17.7 Å². The van der Waals surface area contributed by atoms with Gasteiger partial charge in [-0.1, -0.05) is 24.9 Å². The lowest BCUT2D eigenvalue weighted by Gasteiger charge is -2.05. The van der Waals surface area contributed by atoms with Crippen molar-refractivity contribution < 1.29 is 13.2 Å². The Morgan fingerprint density at radius 3 is 2.47 bits per heavy atom. The Kier molecular flexibility index (Phi) is 4.59. The van der Waals surface area contributed by atoms with Crippen molar-refractivity contribution in [2.45, 2.75) is 19.8 Å². The zero-order valence-corrected chi connectivity index (χ0v) is 9.78. The summed E-state index contributed by atoms with van der Waals surface area (Å²) < 4.78 is 39.1. The van der Waals surface area contributed by atoms with E-state index in [4.69, 9.17) is 16.9 Å². The van der Waals surface area contributed by atoms with Gasteiger partial charge in [0.15, 0.2) is 17.5 Å². The molecule has 0 aliphatic rings. The summed E-state index contributed by atoms with van der Waals surface area (Å²) in [5, 5.41) is 8.65. The molecule has 0 bridgehead atoms. The smallest absolute Gasteiger partial charge is 0.195 e. The second-order valence-electron chi connectivity index (χ2n) is 3.38. The van der Waals surface area contributed by atoms with Gasteiger partial charge in [-0.05, 0) is 18.6 Å². The second-order valence-corrected chi connectivity index (χ2v) is 3.76. The van der Waals surface area contributed by atoms with Gasteiger partial charge in [0.1, 0.15) is 0 Å². The third kappa shape index (κ3) is 2.80. The van der Waals surface area contributed by atoms with E-state index in [0.717, 1.165) is 12.1 Å². The molecule has 0 heterocycles. The Morgan fingerprint density at radius 2 is 1.94 bits per heavy atom. The van der Waals surface area contributed by atoms with Crippen molar-refractivity contribution in [1.82, 2.24) is 0 Å². The van der Waals surface area contributed by atoms with E-state index in [0.29, 0.717) is 12.8 Å². The molecule has 1 rings (SSSR count). The van der Waals surface area contributed by atoms with Crippen LogP contribution in [0.25, 0.3) is 5.03 Å². The molecule has 1 aromatic rings. The first-order valence-electron chi connectivity index (χ1n) is 4.95. The summed E-state index contributed by atoms with van der Waals surface area (Å²) >= 11 is 5.81. The second kappa shape index (κ2) is 5.74. The van der Waals surface area contributed by atoms with Crippen molar-refractivity contribution in [1.29, 1.82) is 5.26 Å². The molecule has 1 nitrogen and oxygen atoms in total. The highest BCUT2D eigenvalue weighted by Crippen LogP contribution is 2.29. The van der Waals surface area contributed by atoms with Crippen LogP contribution in [0.3, 0.4) is 0 Å². The molecule has 0 atom stereocenters. The summed E-state index contributed by atoms with van der Waals surface area (Å²) in [6.45, 7) is 1.82. The minimum Gasteiger partial charge on any atom is -0.204 e. The van der Waals surface area contributed by atoms with E-state index in [9.17, 15) is 13.2 Å². The fraction of sp³-hybridized carbons (Fsp3) is 0.250. The van der Waals surface area contributed by atoms with Crippen LogP contribution in [-0.2, 0) is 0 Å². The number of halogens is 4. The third-order valence-corrected chi connectivity index (χ3v) is 2.60. The number of hydrogen-bond donors (Lipinski definition) is 0. The molecule has 0 radical (unpaired) electrons. The Morgan fingerprint density at radius 1 is 1.29 bits per heavy atom. The van der Waals surface area contributed by atoms with Crippen LogP contribution in [0.1, 0.15) is 25.3 Å². The van der Waals surface area contributed by atoms with E-state index in [1.807, 2.05) is 13.0 Å². The van der Waals surface area contributed by atoms with Crippen LogP contribution >= 0.6 is 11.6 Å². The largest absolute Gasteiger partial charge is 0.204 e. The van der Waals surface area contributed by atoms with Gasteiger partial charge < -0.3 is 0 Å². The zero-order valence-electron chi connectivity index (χ0n) is 9.03. The summed E-state index contributed by atoms with van der Waals surface area (Å²) in [6.07, 6.45) is 0.998. The number of benzene rings is 1. The molecule has 0 saturated carbocycles. The minimum atomic E-state index is -1.59. The molecule has 5 heteroatoms. The van der Waals surface area contributed by atoms with Crippen LogP contribution in [0.4, 0.5) is 13.2 Å². The van der Waals surface area contributed by atoms with Gasteiger partial charge in [-0.3, -0.25) is 0 Å². The minimum absolute atomic E-state index is 0.152. The molecular formula is C12H9ClF3N. The van der Waals surface area contributed by atoms with E-state index in [1.54, 1.807) is 0 Å². The monoisotopic (exact) mass is 259 g/mol. The lowest BCUT2D eigenvalue weighted by molar-refractivity contribution is 0.446. The van der Waals surface area contributed by atoms with Crippen molar-refractivity contribution in [2.75, 3.05) is 0 Å². The molecule has 0 aliphatic carbocycles. The van der Waals surface area contributed by atoms with Gasteiger partial charge in [-0.15, -0.1) is 0 Å². The molecule has 0 unspecified atom stereocenters. The van der Waals surface area contributed by atoms with E-state index < -0.39 is 17.5 Å². The van der Waals surface area contributed by atoms with E-state index >= 15 is 0 Å². The fourth-order valence-corrected chi connectivity index (χ4v) is 1.61. The van der Waals surface area contributed by atoms with Crippen molar-refractivity contribution >= 4 is 16.6 Å². The van der Waals surface area contributed by atoms with Gasteiger partial charge in [0, 0.05) is 11.1 Å². The number of hydrogen-bond acceptors (Lipinski definition) is 1. The highest BCUT2D eigenvalue weighted by atomic mass is 35.5. The molecule has 0 amide bonds. The Labute approximate surface area is 102 Å². The van der Waals surface area contributed by atoms with Gasteiger partial charge in [0.25, 0.3) is 0 Å². The molecule has 0 aliphatic heterocycles. The molecule has 0 N–H and O–H groups in total. The van der Waals surface area contributed by atoms with Crippen LogP contribution in [0, 0.1) is 28.8 Å². The van der Waals surface area contributed by atoms with Crippen molar-refractivity contribution in [2.24, 2.45) is 0 Å². The zero-order chi connectivity index (χ0) is 13.0. The highest BCUT2D eigenvalue weighted by Gasteiger charge is 2.17. The number of rotatable bonds is 3. The average molecular weight is 260 g/mol. The predicted octanol–water partition coefficient (Wildman–Crippen LogP) is 4.38. The maximum Gasteiger partial charge on any atom is 0.195 e. The first kappa shape index (κ1) is 13.6. The quantitative estimate of drug-likeness (QED) is 0.584. The van der Waals surface area contributed by atoms with Gasteiger partial charge in [-0.25, -0.2) is 13.2 Å². The maximum atomic E-state index is 13.4.